The quantitative estimate of drug-likeness (QED) is 0.716. The van der Waals surface area contributed by atoms with E-state index in [1.54, 1.807) is 6.33 Å². The largest absolute Gasteiger partial charge is 0.354 e. The minimum absolute atomic E-state index is 0.0772. The summed E-state index contributed by atoms with van der Waals surface area (Å²) in [7, 11) is 2.21. The highest BCUT2D eigenvalue weighted by Crippen LogP contribution is 2.42. The van der Waals surface area contributed by atoms with Crippen molar-refractivity contribution in [2.75, 3.05) is 11.9 Å². The van der Waals surface area contributed by atoms with E-state index in [4.69, 9.17) is 0 Å². The molecule has 3 heterocycles. The van der Waals surface area contributed by atoms with E-state index >= 15 is 0 Å². The Labute approximate surface area is 122 Å². The first kappa shape index (κ1) is 13.9. The second kappa shape index (κ2) is 4.24. The van der Waals surface area contributed by atoms with E-state index in [1.807, 2.05) is 0 Å². The van der Waals surface area contributed by atoms with Crippen LogP contribution in [0, 0.1) is 0 Å². The topological polar surface area (TPSA) is 40.4 Å². The second-order valence-corrected chi connectivity index (χ2v) is 6.88. The highest BCUT2D eigenvalue weighted by molar-refractivity contribution is 6.74. The van der Waals surface area contributed by atoms with Crippen LogP contribution in [0.25, 0.3) is 0 Å². The number of fused-ring (bicyclic) bond motifs is 3. The van der Waals surface area contributed by atoms with Gasteiger partial charge in [0, 0.05) is 0 Å². The first-order chi connectivity index (χ1) is 9.28. The zero-order chi connectivity index (χ0) is 14.8. The first-order valence-electron chi connectivity index (χ1n) is 7.46. The summed E-state index contributed by atoms with van der Waals surface area (Å²) < 4.78 is 4.60. The van der Waals surface area contributed by atoms with Crippen LogP contribution in [0.15, 0.2) is 6.33 Å². The third kappa shape index (κ3) is 1.55. The van der Waals surface area contributed by atoms with Crippen molar-refractivity contribution in [3.63, 3.8) is 0 Å². The van der Waals surface area contributed by atoms with Crippen LogP contribution in [0.4, 0.5) is 5.95 Å². The molecule has 0 aromatic carbocycles. The summed E-state index contributed by atoms with van der Waals surface area (Å²) in [5.74, 6) is 0.983. The van der Waals surface area contributed by atoms with Gasteiger partial charge in [-0.15, -0.1) is 0 Å². The fourth-order valence-electron chi connectivity index (χ4n) is 4.18. The normalized spacial score (nSPS) is 26.4. The minimum Gasteiger partial charge on any atom is -0.354 e. The van der Waals surface area contributed by atoms with Crippen LogP contribution < -0.4 is 4.81 Å². The minimum atomic E-state index is -0.0772. The second-order valence-electron chi connectivity index (χ2n) is 6.88. The van der Waals surface area contributed by atoms with Crippen LogP contribution >= 0.6 is 0 Å². The van der Waals surface area contributed by atoms with Crippen molar-refractivity contribution in [3.8, 4) is 0 Å². The molecule has 1 atom stereocenters. The van der Waals surface area contributed by atoms with Gasteiger partial charge in [0.05, 0.1) is 11.7 Å². The highest BCUT2D eigenvalue weighted by Gasteiger charge is 2.57. The molecule has 0 N–H and O–H groups in total. The van der Waals surface area contributed by atoms with Crippen molar-refractivity contribution in [3.05, 3.63) is 6.33 Å². The summed E-state index contributed by atoms with van der Waals surface area (Å²) in [4.78, 5) is 9.36. The van der Waals surface area contributed by atoms with Crippen LogP contribution in [0.5, 0.6) is 0 Å². The lowest BCUT2D eigenvalue weighted by molar-refractivity contribution is 0.187. The van der Waals surface area contributed by atoms with E-state index in [0.717, 1.165) is 5.95 Å². The standard InChI is InChI=1S/C12H24B2N6/c1-9(2)20-13(5)17(7)10-12(3,4)19-11(15-8-16-19)18(10)14(20)6/h8-10H,1-7H3. The maximum atomic E-state index is 4.50. The molecule has 3 rings (SSSR count). The summed E-state index contributed by atoms with van der Waals surface area (Å²) in [5, 5.41) is 4.46. The highest BCUT2D eigenvalue weighted by atomic mass is 15.6. The molecule has 1 aromatic rings. The average Bonchev–Trinajstić information content (AvgIpc) is 2.88. The molecule has 1 saturated heterocycles. The average molecular weight is 274 g/mol. The molecule has 1 aromatic heterocycles. The fraction of sp³-hybridized carbons (Fsp3) is 0.833. The van der Waals surface area contributed by atoms with Gasteiger partial charge in [0.25, 0.3) is 6.98 Å². The Morgan fingerprint density at radius 3 is 2.50 bits per heavy atom. The lowest BCUT2D eigenvalue weighted by Gasteiger charge is -2.54. The van der Waals surface area contributed by atoms with Crippen LogP contribution in [0.3, 0.4) is 0 Å². The number of hydrogen-bond acceptors (Lipinski definition) is 5. The monoisotopic (exact) mass is 274 g/mol. The van der Waals surface area contributed by atoms with Gasteiger partial charge in [-0.3, -0.25) is 0 Å². The lowest BCUT2D eigenvalue weighted by Crippen LogP contribution is -2.76. The summed E-state index contributed by atoms with van der Waals surface area (Å²) in [6.45, 7) is 14.3. The van der Waals surface area contributed by atoms with Gasteiger partial charge >= 0.3 is 6.98 Å². The molecule has 0 bridgehead atoms. The van der Waals surface area contributed by atoms with Crippen molar-refractivity contribution >= 4 is 19.9 Å². The van der Waals surface area contributed by atoms with Gasteiger partial charge in [0.2, 0.25) is 5.95 Å². The van der Waals surface area contributed by atoms with Gasteiger partial charge in [-0.05, 0) is 26.9 Å². The van der Waals surface area contributed by atoms with Crippen molar-refractivity contribution in [2.24, 2.45) is 0 Å². The van der Waals surface area contributed by atoms with Crippen molar-refractivity contribution < 1.29 is 0 Å². The molecular weight excluding hydrogens is 250 g/mol. The smallest absolute Gasteiger partial charge is 0.333 e. The maximum Gasteiger partial charge on any atom is 0.333 e. The molecule has 20 heavy (non-hydrogen) atoms. The van der Waals surface area contributed by atoms with Gasteiger partial charge in [-0.25, -0.2) is 9.67 Å². The summed E-state index contributed by atoms with van der Waals surface area (Å²) >= 11 is 0. The van der Waals surface area contributed by atoms with Crippen molar-refractivity contribution in [1.82, 2.24) is 24.3 Å². The Hall–Kier alpha value is -1.01. The van der Waals surface area contributed by atoms with Gasteiger partial charge in [-0.2, -0.15) is 5.10 Å². The SMILES string of the molecule is CB1N(C)C2N(B(C)N1C(C)C)c1ncnn1C2(C)C. The van der Waals surface area contributed by atoms with Crippen LogP contribution in [-0.4, -0.2) is 57.5 Å². The number of rotatable bonds is 1. The predicted octanol–water partition coefficient (Wildman–Crippen LogP) is 1.05. The molecule has 108 valence electrons. The Morgan fingerprint density at radius 2 is 1.90 bits per heavy atom. The van der Waals surface area contributed by atoms with E-state index < -0.39 is 0 Å². The molecule has 6 nitrogen and oxygen atoms in total. The summed E-state index contributed by atoms with van der Waals surface area (Å²) in [6, 6.07) is 0.489. The molecule has 2 aliphatic heterocycles. The van der Waals surface area contributed by atoms with Gasteiger partial charge in [0.1, 0.15) is 6.33 Å². The molecule has 1 unspecified atom stereocenters. The van der Waals surface area contributed by atoms with Crippen molar-refractivity contribution in [1.29, 1.82) is 0 Å². The number of likely N-dealkylation sites (N-methyl/N-ethyl adjacent to an activating group) is 1. The summed E-state index contributed by atoms with van der Waals surface area (Å²) in [5.41, 5.74) is -0.0772. The molecule has 0 saturated carbocycles. The Balaban J connectivity index is 2.10. The van der Waals surface area contributed by atoms with Crippen molar-refractivity contribution in [2.45, 2.75) is 59.1 Å². The Bertz CT molecular complexity index is 516. The van der Waals surface area contributed by atoms with E-state index in [0.29, 0.717) is 26.2 Å². The van der Waals surface area contributed by atoms with Crippen LogP contribution in [0.2, 0.25) is 13.6 Å². The molecule has 0 radical (unpaired) electrons. The third-order valence-electron chi connectivity index (χ3n) is 5.04. The summed E-state index contributed by atoms with van der Waals surface area (Å²) in [6.07, 6.45) is 1.95. The zero-order valence-electron chi connectivity index (χ0n) is 13.6. The van der Waals surface area contributed by atoms with E-state index in [9.17, 15) is 0 Å². The third-order valence-corrected chi connectivity index (χ3v) is 5.04. The molecule has 8 heteroatoms. The van der Waals surface area contributed by atoms with E-state index in [1.165, 1.54) is 0 Å². The lowest BCUT2D eigenvalue weighted by atomic mass is 9.55. The van der Waals surface area contributed by atoms with E-state index in [-0.39, 0.29) is 5.54 Å². The van der Waals surface area contributed by atoms with E-state index in [2.05, 4.69) is 77.5 Å². The molecule has 0 aliphatic carbocycles. The molecular formula is C12H24B2N6. The number of nitrogens with zero attached hydrogens (tertiary/aromatic N) is 6. The van der Waals surface area contributed by atoms with Crippen LogP contribution in [-0.2, 0) is 5.54 Å². The van der Waals surface area contributed by atoms with Gasteiger partial charge in [-0.1, -0.05) is 27.5 Å². The number of hydrogen-bond donors (Lipinski definition) is 0. The van der Waals surface area contributed by atoms with Gasteiger partial charge in [0.15, 0.2) is 0 Å². The Kier molecular flexibility index (Phi) is 2.96. The van der Waals surface area contributed by atoms with Gasteiger partial charge < -0.3 is 14.3 Å². The Morgan fingerprint density at radius 1 is 1.25 bits per heavy atom. The molecule has 1 fully saturated rings. The molecule has 0 spiro atoms. The number of anilines is 1. The predicted molar refractivity (Wildman–Crippen MR) is 83.6 cm³/mol. The fourth-order valence-corrected chi connectivity index (χ4v) is 4.18. The molecule has 2 aliphatic rings. The molecule has 0 amide bonds. The van der Waals surface area contributed by atoms with Crippen LogP contribution in [0.1, 0.15) is 27.7 Å². The maximum absolute atomic E-state index is 4.50. The zero-order valence-corrected chi connectivity index (χ0v) is 13.6. The first-order valence-corrected chi connectivity index (χ1v) is 7.46. The number of aromatic nitrogens is 3.